The highest BCUT2D eigenvalue weighted by atomic mass is 35.5. The standard InChI is InChI=1S/C18H23N3O3S2.ClH/c1-13-12-16(14(2)25-13)26(23,24)21-10-8-20(9-11-21)18(22)17(19)15-6-4-3-5-7-15;/h3-7,12,17H,8-11,19H2,1-2H3;1H. The van der Waals surface area contributed by atoms with Crippen molar-refractivity contribution in [3.8, 4) is 0 Å². The lowest BCUT2D eigenvalue weighted by atomic mass is 10.1. The second kappa shape index (κ2) is 8.70. The molecule has 9 heteroatoms. The summed E-state index contributed by atoms with van der Waals surface area (Å²) in [6.45, 7) is 4.98. The fourth-order valence-corrected chi connectivity index (χ4v) is 6.10. The van der Waals surface area contributed by atoms with Crippen molar-refractivity contribution in [3.63, 3.8) is 0 Å². The van der Waals surface area contributed by atoms with Crippen molar-refractivity contribution in [1.29, 1.82) is 0 Å². The van der Waals surface area contributed by atoms with E-state index >= 15 is 0 Å². The maximum absolute atomic E-state index is 12.9. The monoisotopic (exact) mass is 429 g/mol. The Morgan fingerprint density at radius 2 is 1.70 bits per heavy atom. The Hall–Kier alpha value is -1.45. The summed E-state index contributed by atoms with van der Waals surface area (Å²) in [5.41, 5.74) is 6.84. The molecule has 2 heterocycles. The average Bonchev–Trinajstić information content (AvgIpc) is 3.00. The van der Waals surface area contributed by atoms with Gasteiger partial charge in [-0.05, 0) is 25.5 Å². The van der Waals surface area contributed by atoms with Gasteiger partial charge in [-0.2, -0.15) is 4.31 Å². The van der Waals surface area contributed by atoms with E-state index in [2.05, 4.69) is 0 Å². The third-order valence-corrected chi connectivity index (χ3v) is 7.71. The molecule has 1 aliphatic rings. The number of benzene rings is 1. The number of hydrogen-bond acceptors (Lipinski definition) is 5. The number of halogens is 1. The van der Waals surface area contributed by atoms with Crippen LogP contribution in [0.5, 0.6) is 0 Å². The zero-order valence-electron chi connectivity index (χ0n) is 15.3. The molecule has 27 heavy (non-hydrogen) atoms. The summed E-state index contributed by atoms with van der Waals surface area (Å²) in [5, 5.41) is 0. The van der Waals surface area contributed by atoms with E-state index in [1.807, 2.05) is 44.2 Å². The third kappa shape index (κ3) is 4.52. The second-order valence-corrected chi connectivity index (χ2v) is 9.76. The SMILES string of the molecule is Cc1cc(S(=O)(=O)N2CCN(C(=O)C(N)c3ccccc3)CC2)c(C)s1.Cl. The van der Waals surface area contributed by atoms with E-state index < -0.39 is 16.1 Å². The molecule has 3 rings (SSSR count). The smallest absolute Gasteiger partial charge is 0.244 e. The minimum atomic E-state index is -3.52. The van der Waals surface area contributed by atoms with E-state index in [-0.39, 0.29) is 31.4 Å². The lowest BCUT2D eigenvalue weighted by Gasteiger charge is -2.35. The number of carbonyl (C=O) groups is 1. The van der Waals surface area contributed by atoms with E-state index in [1.54, 1.807) is 11.0 Å². The predicted molar refractivity (Wildman–Crippen MR) is 110 cm³/mol. The van der Waals surface area contributed by atoms with Gasteiger partial charge in [0.05, 0.1) is 4.90 Å². The quantitative estimate of drug-likeness (QED) is 0.808. The number of amides is 1. The first-order valence-corrected chi connectivity index (χ1v) is 10.7. The number of rotatable bonds is 4. The van der Waals surface area contributed by atoms with E-state index in [0.717, 1.165) is 15.3 Å². The highest BCUT2D eigenvalue weighted by Gasteiger charge is 2.33. The summed E-state index contributed by atoms with van der Waals surface area (Å²) in [5.74, 6) is -0.171. The molecule has 0 saturated carbocycles. The summed E-state index contributed by atoms with van der Waals surface area (Å²) < 4.78 is 27.2. The number of sulfonamides is 1. The van der Waals surface area contributed by atoms with Crippen LogP contribution in [0.25, 0.3) is 0 Å². The van der Waals surface area contributed by atoms with Crippen LogP contribution in [-0.2, 0) is 14.8 Å². The molecule has 2 aromatic rings. The van der Waals surface area contributed by atoms with Crippen molar-refractivity contribution in [2.24, 2.45) is 5.73 Å². The molecule has 0 spiro atoms. The molecule has 1 aliphatic heterocycles. The van der Waals surface area contributed by atoms with Crippen molar-refractivity contribution in [2.45, 2.75) is 24.8 Å². The first kappa shape index (κ1) is 21.8. The molecule has 0 bridgehead atoms. The van der Waals surface area contributed by atoms with Crippen molar-refractivity contribution in [1.82, 2.24) is 9.21 Å². The van der Waals surface area contributed by atoms with Crippen LogP contribution in [0.15, 0.2) is 41.3 Å². The maximum atomic E-state index is 12.9. The Balaban J connectivity index is 0.00000261. The van der Waals surface area contributed by atoms with Gasteiger partial charge in [-0.15, -0.1) is 23.7 Å². The number of carbonyl (C=O) groups excluding carboxylic acids is 1. The molecule has 6 nitrogen and oxygen atoms in total. The van der Waals surface area contributed by atoms with Crippen LogP contribution in [0.4, 0.5) is 0 Å². The van der Waals surface area contributed by atoms with Crippen LogP contribution >= 0.6 is 23.7 Å². The molecule has 1 aromatic heterocycles. The van der Waals surface area contributed by atoms with Crippen LogP contribution in [0, 0.1) is 13.8 Å². The Kier molecular flexibility index (Phi) is 7.04. The van der Waals surface area contributed by atoms with Gasteiger partial charge in [-0.25, -0.2) is 8.42 Å². The zero-order chi connectivity index (χ0) is 18.9. The largest absolute Gasteiger partial charge is 0.338 e. The van der Waals surface area contributed by atoms with Gasteiger partial charge in [0.25, 0.3) is 0 Å². The van der Waals surface area contributed by atoms with Gasteiger partial charge in [0.2, 0.25) is 15.9 Å². The van der Waals surface area contributed by atoms with Gasteiger partial charge >= 0.3 is 0 Å². The van der Waals surface area contributed by atoms with E-state index in [0.29, 0.717) is 18.0 Å². The fourth-order valence-electron chi connectivity index (χ4n) is 3.15. The molecule has 1 fully saturated rings. The van der Waals surface area contributed by atoms with Crippen LogP contribution in [-0.4, -0.2) is 49.7 Å². The van der Waals surface area contributed by atoms with Gasteiger partial charge in [0.1, 0.15) is 6.04 Å². The van der Waals surface area contributed by atoms with Crippen LogP contribution < -0.4 is 5.73 Å². The van der Waals surface area contributed by atoms with E-state index in [1.165, 1.54) is 15.6 Å². The van der Waals surface area contributed by atoms with Gasteiger partial charge in [0, 0.05) is 35.9 Å². The normalized spacial score (nSPS) is 16.6. The van der Waals surface area contributed by atoms with E-state index in [4.69, 9.17) is 5.73 Å². The summed E-state index contributed by atoms with van der Waals surface area (Å²) in [4.78, 5) is 16.4. The summed E-state index contributed by atoms with van der Waals surface area (Å²) in [7, 11) is -3.52. The average molecular weight is 430 g/mol. The van der Waals surface area contributed by atoms with E-state index in [9.17, 15) is 13.2 Å². The van der Waals surface area contributed by atoms with Crippen molar-refractivity contribution >= 4 is 39.7 Å². The second-order valence-electron chi connectivity index (χ2n) is 6.40. The molecule has 2 N–H and O–H groups in total. The minimum Gasteiger partial charge on any atom is -0.338 e. The number of thiophene rings is 1. The number of aryl methyl sites for hydroxylation is 2. The molecular formula is C18H24ClN3O3S2. The van der Waals surface area contributed by atoms with Crippen molar-refractivity contribution in [3.05, 3.63) is 51.7 Å². The molecule has 1 atom stereocenters. The van der Waals surface area contributed by atoms with Crippen LogP contribution in [0.2, 0.25) is 0 Å². The highest BCUT2D eigenvalue weighted by Crippen LogP contribution is 2.28. The summed E-state index contributed by atoms with van der Waals surface area (Å²) >= 11 is 1.48. The summed E-state index contributed by atoms with van der Waals surface area (Å²) in [6, 6.07) is 10.2. The minimum absolute atomic E-state index is 0. The van der Waals surface area contributed by atoms with Crippen molar-refractivity contribution in [2.75, 3.05) is 26.2 Å². The Morgan fingerprint density at radius 3 is 2.22 bits per heavy atom. The van der Waals surface area contributed by atoms with Gasteiger partial charge in [-0.3, -0.25) is 4.79 Å². The maximum Gasteiger partial charge on any atom is 0.244 e. The summed E-state index contributed by atoms with van der Waals surface area (Å²) in [6.07, 6.45) is 0. The lowest BCUT2D eigenvalue weighted by molar-refractivity contribution is -0.133. The van der Waals surface area contributed by atoms with Gasteiger partial charge < -0.3 is 10.6 Å². The highest BCUT2D eigenvalue weighted by molar-refractivity contribution is 7.89. The topological polar surface area (TPSA) is 83.7 Å². The number of nitrogens with two attached hydrogens (primary N) is 1. The van der Waals surface area contributed by atoms with Gasteiger partial charge in [-0.1, -0.05) is 30.3 Å². The number of hydrogen-bond donors (Lipinski definition) is 1. The molecule has 1 amide bonds. The zero-order valence-corrected chi connectivity index (χ0v) is 17.7. The molecule has 1 aromatic carbocycles. The Morgan fingerprint density at radius 1 is 1.11 bits per heavy atom. The third-order valence-electron chi connectivity index (χ3n) is 4.59. The Bertz CT molecular complexity index is 892. The number of nitrogens with zero attached hydrogens (tertiary/aromatic N) is 2. The first-order chi connectivity index (χ1) is 12.3. The van der Waals surface area contributed by atoms with Crippen LogP contribution in [0.1, 0.15) is 21.4 Å². The molecule has 0 aliphatic carbocycles. The first-order valence-electron chi connectivity index (χ1n) is 8.47. The van der Waals surface area contributed by atoms with Gasteiger partial charge in [0.15, 0.2) is 0 Å². The fraction of sp³-hybridized carbons (Fsp3) is 0.389. The molecule has 1 unspecified atom stereocenters. The molecule has 148 valence electrons. The lowest BCUT2D eigenvalue weighted by Crippen LogP contribution is -2.52. The Labute approximate surface area is 170 Å². The molecule has 0 radical (unpaired) electrons. The molecular weight excluding hydrogens is 406 g/mol. The number of piperazine rings is 1. The van der Waals surface area contributed by atoms with Crippen molar-refractivity contribution < 1.29 is 13.2 Å². The predicted octanol–water partition coefficient (Wildman–Crippen LogP) is 2.32. The molecule has 1 saturated heterocycles. The van der Waals surface area contributed by atoms with Crippen LogP contribution in [0.3, 0.4) is 0 Å².